The molecule has 0 fully saturated rings. The summed E-state index contributed by atoms with van der Waals surface area (Å²) in [4.78, 5) is 16.2. The monoisotopic (exact) mass is 219 g/mol. The van der Waals surface area contributed by atoms with Gasteiger partial charge in [-0.25, -0.2) is 4.79 Å². The zero-order valence-electron chi connectivity index (χ0n) is 7.61. The van der Waals surface area contributed by atoms with E-state index in [9.17, 15) is 18.0 Å². The molecule has 0 amide bonds. The van der Waals surface area contributed by atoms with Gasteiger partial charge >= 0.3 is 11.9 Å². The summed E-state index contributed by atoms with van der Waals surface area (Å²) in [7, 11) is 0. The number of rotatable bonds is 0. The molecule has 82 valence electrons. The summed E-state index contributed by atoms with van der Waals surface area (Å²) in [5.74, 6) is 0. The lowest BCUT2D eigenvalue weighted by atomic mass is 10.0. The molecule has 0 radical (unpaired) electrons. The Bertz CT molecular complexity index is 438. The van der Waals surface area contributed by atoms with Crippen LogP contribution in [-0.2, 0) is 19.1 Å². The number of halogens is 3. The molecule has 15 heavy (non-hydrogen) atoms. The van der Waals surface area contributed by atoms with Crippen LogP contribution in [0.2, 0.25) is 0 Å². The van der Waals surface area contributed by atoms with Crippen molar-refractivity contribution in [2.45, 2.75) is 19.1 Å². The Hall–Kier alpha value is -1.37. The van der Waals surface area contributed by atoms with Gasteiger partial charge in [0.2, 0.25) is 0 Å². The van der Waals surface area contributed by atoms with Crippen molar-refractivity contribution in [1.82, 2.24) is 15.3 Å². The molecule has 0 saturated carbocycles. The molecule has 1 aliphatic heterocycles. The van der Waals surface area contributed by atoms with Crippen LogP contribution in [0.3, 0.4) is 0 Å². The first kappa shape index (κ1) is 10.2. The first-order chi connectivity index (χ1) is 6.98. The fourth-order valence-electron chi connectivity index (χ4n) is 1.63. The second-order valence-corrected chi connectivity index (χ2v) is 3.27. The summed E-state index contributed by atoms with van der Waals surface area (Å²) in [5, 5.41) is 2.88. The quantitative estimate of drug-likeness (QED) is 0.665. The van der Waals surface area contributed by atoms with E-state index in [1.165, 1.54) is 0 Å². The SMILES string of the molecule is O=c1nc(C(F)(F)F)c2c([nH]1)CNCC2. The van der Waals surface area contributed by atoms with Crippen LogP contribution in [0.25, 0.3) is 0 Å². The van der Waals surface area contributed by atoms with Crippen LogP contribution in [0.1, 0.15) is 17.0 Å². The number of H-pyrrole nitrogens is 1. The van der Waals surface area contributed by atoms with Crippen molar-refractivity contribution in [3.63, 3.8) is 0 Å². The summed E-state index contributed by atoms with van der Waals surface area (Å²) in [6, 6.07) is 0. The molecule has 2 N–H and O–H groups in total. The van der Waals surface area contributed by atoms with Crippen molar-refractivity contribution in [3.05, 3.63) is 27.4 Å². The van der Waals surface area contributed by atoms with Gasteiger partial charge < -0.3 is 10.3 Å². The van der Waals surface area contributed by atoms with Gasteiger partial charge in [-0.3, -0.25) is 0 Å². The molecule has 2 heterocycles. The normalized spacial score (nSPS) is 16.2. The van der Waals surface area contributed by atoms with Gasteiger partial charge in [0.05, 0.1) is 0 Å². The van der Waals surface area contributed by atoms with Crippen molar-refractivity contribution in [2.75, 3.05) is 6.54 Å². The van der Waals surface area contributed by atoms with Crippen molar-refractivity contribution in [2.24, 2.45) is 0 Å². The Labute approximate surface area is 82.5 Å². The smallest absolute Gasteiger partial charge is 0.311 e. The van der Waals surface area contributed by atoms with Gasteiger partial charge in [0.1, 0.15) is 0 Å². The zero-order valence-corrected chi connectivity index (χ0v) is 7.61. The van der Waals surface area contributed by atoms with E-state index in [1.54, 1.807) is 0 Å². The number of nitrogens with zero attached hydrogens (tertiary/aromatic N) is 1. The summed E-state index contributed by atoms with van der Waals surface area (Å²) in [6.45, 7) is 0.708. The molecule has 0 saturated heterocycles. The number of hydrogen-bond acceptors (Lipinski definition) is 3. The third-order valence-electron chi connectivity index (χ3n) is 2.24. The number of nitrogens with one attached hydrogen (secondary N) is 2. The van der Waals surface area contributed by atoms with Crippen LogP contribution in [0.15, 0.2) is 4.79 Å². The maximum atomic E-state index is 12.5. The van der Waals surface area contributed by atoms with Crippen LogP contribution in [0.5, 0.6) is 0 Å². The molecular weight excluding hydrogens is 211 g/mol. The summed E-state index contributed by atoms with van der Waals surface area (Å²) in [6.07, 6.45) is -4.33. The lowest BCUT2D eigenvalue weighted by Crippen LogP contribution is -2.32. The van der Waals surface area contributed by atoms with E-state index in [-0.39, 0.29) is 24.2 Å². The van der Waals surface area contributed by atoms with E-state index < -0.39 is 17.6 Å². The average Bonchev–Trinajstić information content (AvgIpc) is 2.15. The highest BCUT2D eigenvalue weighted by Gasteiger charge is 2.37. The minimum absolute atomic E-state index is 0.0980. The number of alkyl halides is 3. The van der Waals surface area contributed by atoms with Crippen molar-refractivity contribution in [3.8, 4) is 0 Å². The molecule has 0 spiro atoms. The molecule has 1 aromatic heterocycles. The zero-order chi connectivity index (χ0) is 11.1. The molecular formula is C8H8F3N3O. The van der Waals surface area contributed by atoms with E-state index in [0.717, 1.165) is 0 Å². The Balaban J connectivity index is 2.63. The highest BCUT2D eigenvalue weighted by Crippen LogP contribution is 2.31. The van der Waals surface area contributed by atoms with Crippen LogP contribution in [-0.4, -0.2) is 16.5 Å². The summed E-state index contributed by atoms with van der Waals surface area (Å²) in [5.41, 5.74) is -1.62. The predicted molar refractivity (Wildman–Crippen MR) is 45.3 cm³/mol. The van der Waals surface area contributed by atoms with E-state index in [4.69, 9.17) is 0 Å². The van der Waals surface area contributed by atoms with E-state index >= 15 is 0 Å². The number of hydrogen-bond donors (Lipinski definition) is 2. The van der Waals surface area contributed by atoms with Crippen LogP contribution >= 0.6 is 0 Å². The Morgan fingerprint density at radius 3 is 2.73 bits per heavy atom. The minimum atomic E-state index is -4.56. The first-order valence-corrected chi connectivity index (χ1v) is 4.38. The molecule has 0 aromatic carbocycles. The lowest BCUT2D eigenvalue weighted by Gasteiger charge is -2.19. The summed E-state index contributed by atoms with van der Waals surface area (Å²) < 4.78 is 37.6. The molecule has 0 aliphatic carbocycles. The van der Waals surface area contributed by atoms with Crippen molar-refractivity contribution < 1.29 is 13.2 Å². The number of fused-ring (bicyclic) bond motifs is 1. The van der Waals surface area contributed by atoms with Gasteiger partial charge in [-0.2, -0.15) is 18.2 Å². The Kier molecular flexibility index (Phi) is 2.26. The molecule has 0 bridgehead atoms. The second kappa shape index (κ2) is 3.34. The molecule has 1 aromatic rings. The van der Waals surface area contributed by atoms with E-state index in [1.807, 2.05) is 0 Å². The van der Waals surface area contributed by atoms with Gasteiger partial charge in [-0.15, -0.1) is 0 Å². The first-order valence-electron chi connectivity index (χ1n) is 4.38. The molecule has 0 atom stereocenters. The van der Waals surface area contributed by atoms with E-state index in [2.05, 4.69) is 15.3 Å². The highest BCUT2D eigenvalue weighted by atomic mass is 19.4. The predicted octanol–water partition coefficient (Wildman–Crippen LogP) is 0.434. The second-order valence-electron chi connectivity index (χ2n) is 3.27. The minimum Gasteiger partial charge on any atom is -0.311 e. The number of aromatic nitrogens is 2. The van der Waals surface area contributed by atoms with Gasteiger partial charge in [-0.05, 0) is 13.0 Å². The van der Waals surface area contributed by atoms with Gasteiger partial charge in [-0.1, -0.05) is 0 Å². The van der Waals surface area contributed by atoms with Crippen LogP contribution < -0.4 is 11.0 Å². The third-order valence-corrected chi connectivity index (χ3v) is 2.24. The summed E-state index contributed by atoms with van der Waals surface area (Å²) >= 11 is 0. The third kappa shape index (κ3) is 1.87. The Morgan fingerprint density at radius 2 is 2.07 bits per heavy atom. The van der Waals surface area contributed by atoms with Gasteiger partial charge in [0, 0.05) is 17.8 Å². The van der Waals surface area contributed by atoms with Crippen molar-refractivity contribution in [1.29, 1.82) is 0 Å². The van der Waals surface area contributed by atoms with Gasteiger partial charge in [0.25, 0.3) is 0 Å². The topological polar surface area (TPSA) is 57.8 Å². The lowest BCUT2D eigenvalue weighted by molar-refractivity contribution is -0.142. The van der Waals surface area contributed by atoms with E-state index in [0.29, 0.717) is 6.54 Å². The highest BCUT2D eigenvalue weighted by molar-refractivity contribution is 5.28. The molecule has 1 aliphatic rings. The fraction of sp³-hybridized carbons (Fsp3) is 0.500. The maximum Gasteiger partial charge on any atom is 0.433 e. The standard InChI is InChI=1S/C8H8F3N3O/c9-8(10,11)6-4-1-2-12-3-5(4)13-7(15)14-6/h12H,1-3H2,(H,13,14,15). The maximum absolute atomic E-state index is 12.5. The van der Waals surface area contributed by atoms with Crippen LogP contribution in [0.4, 0.5) is 13.2 Å². The molecule has 2 rings (SSSR count). The molecule has 0 unspecified atom stereocenters. The van der Waals surface area contributed by atoms with Gasteiger partial charge in [0.15, 0.2) is 5.69 Å². The average molecular weight is 219 g/mol. The molecule has 7 heteroatoms. The van der Waals surface area contributed by atoms with Crippen molar-refractivity contribution >= 4 is 0 Å². The fourth-order valence-corrected chi connectivity index (χ4v) is 1.63. The number of aromatic amines is 1. The Morgan fingerprint density at radius 1 is 1.33 bits per heavy atom. The molecule has 4 nitrogen and oxygen atoms in total. The van der Waals surface area contributed by atoms with Crippen LogP contribution in [0, 0.1) is 0 Å². The largest absolute Gasteiger partial charge is 0.433 e.